The number of carbonyl (C=O) groups excluding carboxylic acids is 2. The Hall–Kier alpha value is -3.52. The van der Waals surface area contributed by atoms with Gasteiger partial charge in [-0.3, -0.25) is 9.59 Å². The molecule has 29 heavy (non-hydrogen) atoms. The van der Waals surface area contributed by atoms with Gasteiger partial charge in [0.1, 0.15) is 0 Å². The summed E-state index contributed by atoms with van der Waals surface area (Å²) >= 11 is 1.56. The van der Waals surface area contributed by atoms with E-state index in [9.17, 15) is 9.59 Å². The maximum Gasteiger partial charge on any atom is 0.256 e. The van der Waals surface area contributed by atoms with E-state index in [2.05, 4.69) is 10.4 Å². The fourth-order valence-corrected chi connectivity index (χ4v) is 3.74. The van der Waals surface area contributed by atoms with E-state index in [4.69, 9.17) is 10.7 Å². The third-order valence-electron chi connectivity index (χ3n) is 4.50. The quantitative estimate of drug-likeness (QED) is 0.522. The van der Waals surface area contributed by atoms with Gasteiger partial charge in [-0.1, -0.05) is 6.07 Å². The molecular formula is C21H19N5O2S. The van der Waals surface area contributed by atoms with Crippen molar-refractivity contribution in [3.8, 4) is 10.6 Å². The second kappa shape index (κ2) is 7.48. The average Bonchev–Trinajstić information content (AvgIpc) is 3.37. The van der Waals surface area contributed by atoms with Gasteiger partial charge in [0.2, 0.25) is 5.91 Å². The van der Waals surface area contributed by atoms with E-state index in [1.54, 1.807) is 47.9 Å². The van der Waals surface area contributed by atoms with Crippen LogP contribution in [0.25, 0.3) is 21.6 Å². The molecule has 0 aliphatic rings. The summed E-state index contributed by atoms with van der Waals surface area (Å²) in [5.41, 5.74) is 8.10. The highest BCUT2D eigenvalue weighted by atomic mass is 32.1. The highest BCUT2D eigenvalue weighted by Gasteiger charge is 2.19. The van der Waals surface area contributed by atoms with Gasteiger partial charge in [-0.15, -0.1) is 11.3 Å². The summed E-state index contributed by atoms with van der Waals surface area (Å²) in [5, 5.41) is 9.96. The summed E-state index contributed by atoms with van der Waals surface area (Å²) in [7, 11) is 0. The molecule has 3 N–H and O–H groups in total. The van der Waals surface area contributed by atoms with Crippen molar-refractivity contribution in [3.05, 3.63) is 65.2 Å². The molecular weight excluding hydrogens is 386 g/mol. The van der Waals surface area contributed by atoms with Crippen molar-refractivity contribution in [2.24, 2.45) is 5.73 Å². The van der Waals surface area contributed by atoms with Gasteiger partial charge >= 0.3 is 0 Å². The first-order valence-electron chi connectivity index (χ1n) is 9.07. The first kappa shape index (κ1) is 18.8. The lowest BCUT2D eigenvalue weighted by Gasteiger charge is -2.10. The molecule has 0 aliphatic heterocycles. The van der Waals surface area contributed by atoms with E-state index in [0.717, 1.165) is 10.6 Å². The number of hydrogen-bond donors (Lipinski definition) is 2. The van der Waals surface area contributed by atoms with Crippen molar-refractivity contribution in [2.75, 3.05) is 5.32 Å². The molecule has 0 spiro atoms. The van der Waals surface area contributed by atoms with Crippen LogP contribution in [0.15, 0.2) is 54.0 Å². The Morgan fingerprint density at radius 2 is 1.93 bits per heavy atom. The van der Waals surface area contributed by atoms with Crippen LogP contribution in [0.3, 0.4) is 0 Å². The molecule has 0 aliphatic carbocycles. The lowest BCUT2D eigenvalue weighted by Crippen LogP contribution is -2.14. The van der Waals surface area contributed by atoms with Gasteiger partial charge in [0, 0.05) is 17.3 Å². The second-order valence-electron chi connectivity index (χ2n) is 6.85. The molecule has 0 saturated carbocycles. The summed E-state index contributed by atoms with van der Waals surface area (Å²) in [5.74, 6) is -0.786. The highest BCUT2D eigenvalue weighted by molar-refractivity contribution is 7.13. The maximum atomic E-state index is 13.1. The minimum Gasteiger partial charge on any atom is -0.366 e. The maximum absolute atomic E-state index is 13.1. The van der Waals surface area contributed by atoms with Crippen molar-refractivity contribution < 1.29 is 9.59 Å². The summed E-state index contributed by atoms with van der Waals surface area (Å²) in [4.78, 5) is 30.0. The van der Waals surface area contributed by atoms with Crippen molar-refractivity contribution >= 4 is 39.9 Å². The Kier molecular flexibility index (Phi) is 4.85. The number of nitrogens with one attached hydrogen (secondary N) is 1. The van der Waals surface area contributed by atoms with Crippen LogP contribution in [0, 0.1) is 0 Å². The van der Waals surface area contributed by atoms with Crippen LogP contribution in [0.2, 0.25) is 0 Å². The van der Waals surface area contributed by atoms with Crippen molar-refractivity contribution in [1.29, 1.82) is 0 Å². The van der Waals surface area contributed by atoms with E-state index in [1.165, 1.54) is 0 Å². The molecule has 0 bridgehead atoms. The predicted octanol–water partition coefficient (Wildman–Crippen LogP) is 4.09. The third kappa shape index (κ3) is 3.62. The molecule has 1 aromatic carbocycles. The summed E-state index contributed by atoms with van der Waals surface area (Å²) in [6, 6.07) is 12.3. The molecule has 3 heterocycles. The third-order valence-corrected chi connectivity index (χ3v) is 5.39. The van der Waals surface area contributed by atoms with Crippen LogP contribution >= 0.6 is 11.3 Å². The normalized spacial score (nSPS) is 11.1. The number of anilines is 1. The van der Waals surface area contributed by atoms with Gasteiger partial charge in [0.25, 0.3) is 5.91 Å². The van der Waals surface area contributed by atoms with Crippen molar-refractivity contribution in [1.82, 2.24) is 14.8 Å². The number of nitrogens with zero attached hydrogens (tertiary/aromatic N) is 3. The highest BCUT2D eigenvalue weighted by Crippen LogP contribution is 2.29. The number of thiophene rings is 1. The molecule has 2 amide bonds. The number of hydrogen-bond acceptors (Lipinski definition) is 5. The number of amides is 2. The molecule has 3 aromatic heterocycles. The molecule has 0 unspecified atom stereocenters. The van der Waals surface area contributed by atoms with Crippen LogP contribution < -0.4 is 11.1 Å². The molecule has 4 rings (SSSR count). The monoisotopic (exact) mass is 405 g/mol. The number of aromatic nitrogens is 3. The molecule has 8 heteroatoms. The van der Waals surface area contributed by atoms with E-state index in [0.29, 0.717) is 27.8 Å². The number of nitrogens with two attached hydrogens (primary N) is 1. The van der Waals surface area contributed by atoms with Crippen LogP contribution in [-0.4, -0.2) is 26.6 Å². The SMILES string of the molecule is CC(C)n1ncc2c(C(=O)Nc3ccc(C(N)=O)cc3)cc(-c3cccs3)nc21. The predicted molar refractivity (Wildman–Crippen MR) is 114 cm³/mol. The van der Waals surface area contributed by atoms with Crippen LogP contribution in [0.5, 0.6) is 0 Å². The number of primary amides is 1. The van der Waals surface area contributed by atoms with Crippen LogP contribution in [-0.2, 0) is 0 Å². The summed E-state index contributed by atoms with van der Waals surface area (Å²) in [6.07, 6.45) is 1.67. The molecule has 0 radical (unpaired) electrons. The number of rotatable bonds is 5. The minimum absolute atomic E-state index is 0.107. The van der Waals surface area contributed by atoms with Gasteiger partial charge in [-0.05, 0) is 55.6 Å². The Morgan fingerprint density at radius 1 is 1.17 bits per heavy atom. The zero-order valence-electron chi connectivity index (χ0n) is 15.9. The topological polar surface area (TPSA) is 103 Å². The number of pyridine rings is 1. The zero-order valence-corrected chi connectivity index (χ0v) is 16.7. The molecule has 0 atom stereocenters. The lowest BCUT2D eigenvalue weighted by atomic mass is 10.1. The Bertz CT molecular complexity index is 1190. The lowest BCUT2D eigenvalue weighted by molar-refractivity contribution is 0.0998. The van der Waals surface area contributed by atoms with Gasteiger partial charge < -0.3 is 11.1 Å². The zero-order chi connectivity index (χ0) is 20.5. The van der Waals surface area contributed by atoms with Gasteiger partial charge in [0.15, 0.2) is 5.65 Å². The summed E-state index contributed by atoms with van der Waals surface area (Å²) in [6.45, 7) is 4.04. The average molecular weight is 405 g/mol. The smallest absolute Gasteiger partial charge is 0.256 e. The fraction of sp³-hybridized carbons (Fsp3) is 0.143. The minimum atomic E-state index is -0.514. The number of fused-ring (bicyclic) bond motifs is 1. The first-order chi connectivity index (χ1) is 13.9. The first-order valence-corrected chi connectivity index (χ1v) is 9.95. The molecule has 4 aromatic rings. The van der Waals surface area contributed by atoms with E-state index in [-0.39, 0.29) is 11.9 Å². The van der Waals surface area contributed by atoms with Gasteiger partial charge in [-0.25, -0.2) is 9.67 Å². The standard InChI is InChI=1S/C21H19N5O2S/c1-12(2)26-20-16(11-23-26)15(10-17(25-20)18-4-3-9-29-18)21(28)24-14-7-5-13(6-8-14)19(22)27/h3-12H,1-2H3,(H2,22,27)(H,24,28). The molecule has 146 valence electrons. The Balaban J connectivity index is 1.77. The number of carbonyl (C=O) groups is 2. The van der Waals surface area contributed by atoms with Gasteiger partial charge in [0.05, 0.1) is 27.7 Å². The molecule has 0 fully saturated rings. The Morgan fingerprint density at radius 3 is 2.55 bits per heavy atom. The summed E-state index contributed by atoms with van der Waals surface area (Å²) < 4.78 is 1.81. The van der Waals surface area contributed by atoms with Crippen molar-refractivity contribution in [2.45, 2.75) is 19.9 Å². The van der Waals surface area contributed by atoms with Crippen molar-refractivity contribution in [3.63, 3.8) is 0 Å². The molecule has 0 saturated heterocycles. The fourth-order valence-electron chi connectivity index (χ4n) is 3.05. The van der Waals surface area contributed by atoms with Gasteiger partial charge in [-0.2, -0.15) is 5.10 Å². The number of benzene rings is 1. The Labute approximate surface area is 171 Å². The second-order valence-corrected chi connectivity index (χ2v) is 7.80. The molecule has 7 nitrogen and oxygen atoms in total. The van der Waals surface area contributed by atoms with E-state index >= 15 is 0 Å². The van der Waals surface area contributed by atoms with Crippen LogP contribution in [0.4, 0.5) is 5.69 Å². The van der Waals surface area contributed by atoms with E-state index < -0.39 is 5.91 Å². The van der Waals surface area contributed by atoms with Crippen LogP contribution in [0.1, 0.15) is 40.6 Å². The largest absolute Gasteiger partial charge is 0.366 e. The van der Waals surface area contributed by atoms with E-state index in [1.807, 2.05) is 36.0 Å².